The summed E-state index contributed by atoms with van der Waals surface area (Å²) in [6.45, 7) is 0. The third-order valence-corrected chi connectivity index (χ3v) is 4.62. The molecule has 0 bridgehead atoms. The summed E-state index contributed by atoms with van der Waals surface area (Å²) in [6, 6.07) is 14.5. The highest BCUT2D eigenvalue weighted by Gasteiger charge is 2.25. The fraction of sp³-hybridized carbons (Fsp3) is 0. The smallest absolute Gasteiger partial charge is 0.143 e. The van der Waals surface area contributed by atoms with Crippen LogP contribution < -0.4 is 10.4 Å². The van der Waals surface area contributed by atoms with Crippen LogP contribution in [0.25, 0.3) is 33.7 Å². The van der Waals surface area contributed by atoms with Crippen molar-refractivity contribution in [2.75, 3.05) is 0 Å². The zero-order chi connectivity index (χ0) is 24.8. The fourth-order valence-corrected chi connectivity index (χ4v) is 3.13. The molecule has 0 saturated heterocycles. The molecule has 0 N–H and O–H groups in total. The van der Waals surface area contributed by atoms with Crippen LogP contribution in [-0.4, -0.2) is 9.97 Å². The van der Waals surface area contributed by atoms with Crippen LogP contribution in [0.15, 0.2) is 36.7 Å². The molecular weight excluding hydrogens is 438 g/mol. The van der Waals surface area contributed by atoms with Gasteiger partial charge in [-0.05, 0) is 24.3 Å². The molecule has 0 amide bonds. The number of nitriles is 6. The summed E-state index contributed by atoms with van der Waals surface area (Å²) < 4.78 is 32.0. The second-order valence-electron chi connectivity index (χ2n) is 6.41. The van der Waals surface area contributed by atoms with Gasteiger partial charge < -0.3 is 0 Å². The Labute approximate surface area is 190 Å². The molecule has 0 spiro atoms. The van der Waals surface area contributed by atoms with Gasteiger partial charge in [0.1, 0.15) is 59.2 Å². The van der Waals surface area contributed by atoms with Crippen LogP contribution in [0.1, 0.15) is 11.1 Å². The summed E-state index contributed by atoms with van der Waals surface area (Å²) in [5.74, 6) is -2.59. The lowest BCUT2D eigenvalue weighted by molar-refractivity contribution is 0.590. The molecule has 3 rings (SSSR count). The summed E-state index contributed by atoms with van der Waals surface area (Å²) in [6.07, 6.45) is 2.15. The Kier molecular flexibility index (Phi) is 6.33. The van der Waals surface area contributed by atoms with Gasteiger partial charge in [-0.2, -0.15) is 31.6 Å². The lowest BCUT2D eigenvalue weighted by Gasteiger charge is -2.12. The lowest BCUT2D eigenvalue weighted by atomic mass is 9.94. The number of rotatable bonds is 2. The van der Waals surface area contributed by atoms with Crippen molar-refractivity contribution in [3.63, 3.8) is 0 Å². The van der Waals surface area contributed by atoms with Gasteiger partial charge in [0.25, 0.3) is 0 Å². The van der Waals surface area contributed by atoms with Gasteiger partial charge in [0.05, 0.1) is 33.0 Å². The van der Waals surface area contributed by atoms with E-state index < -0.39 is 44.3 Å². The van der Waals surface area contributed by atoms with Crippen LogP contribution in [0.4, 0.5) is 8.78 Å². The maximum Gasteiger partial charge on any atom is 0.143 e. The SMILES string of the molecule is N#CC(C#N)=c1c(F)c(-c2ccc(C#N)cn2)c(=C(C#N)C#N)c(F)c1-c1ccc(C#N)cn1. The molecule has 2 aromatic heterocycles. The first-order valence-corrected chi connectivity index (χ1v) is 9.08. The molecule has 10 heteroatoms. The number of aromatic nitrogens is 2. The van der Waals surface area contributed by atoms with Crippen molar-refractivity contribution >= 4 is 11.1 Å². The van der Waals surface area contributed by atoms with Crippen molar-refractivity contribution in [3.8, 4) is 58.9 Å². The summed E-state index contributed by atoms with van der Waals surface area (Å²) >= 11 is 0. The minimum Gasteiger partial charge on any atom is -0.255 e. The average Bonchev–Trinajstić information content (AvgIpc) is 2.88. The first kappa shape index (κ1) is 22.7. The van der Waals surface area contributed by atoms with Crippen LogP contribution in [0.3, 0.4) is 0 Å². The van der Waals surface area contributed by atoms with Crippen molar-refractivity contribution in [2.24, 2.45) is 0 Å². The van der Waals surface area contributed by atoms with Crippen LogP contribution in [-0.2, 0) is 0 Å². The lowest BCUT2D eigenvalue weighted by Crippen LogP contribution is -2.29. The number of hydrogen-bond acceptors (Lipinski definition) is 8. The predicted octanol–water partition coefficient (Wildman–Crippen LogP) is 2.23. The van der Waals surface area contributed by atoms with E-state index in [1.807, 2.05) is 12.1 Å². The topological polar surface area (TPSA) is 169 Å². The maximum atomic E-state index is 16.0. The molecule has 0 atom stereocenters. The van der Waals surface area contributed by atoms with Gasteiger partial charge in [-0.15, -0.1) is 0 Å². The first-order chi connectivity index (χ1) is 16.4. The quantitative estimate of drug-likeness (QED) is 0.579. The Morgan fingerprint density at radius 1 is 0.588 bits per heavy atom. The van der Waals surface area contributed by atoms with E-state index in [-0.39, 0.29) is 22.5 Å². The molecule has 0 aliphatic carbocycles. The molecule has 0 radical (unpaired) electrons. The van der Waals surface area contributed by atoms with E-state index in [0.717, 1.165) is 12.4 Å². The van der Waals surface area contributed by atoms with Crippen molar-refractivity contribution in [1.29, 1.82) is 31.6 Å². The number of halogens is 2. The van der Waals surface area contributed by atoms with E-state index in [2.05, 4.69) is 9.97 Å². The summed E-state index contributed by atoms with van der Waals surface area (Å²) in [5, 5.41) is 54.2. The molecule has 156 valence electrons. The Bertz CT molecular complexity index is 1550. The minimum absolute atomic E-state index is 0.107. The Morgan fingerprint density at radius 3 is 1.18 bits per heavy atom. The molecule has 0 aliphatic rings. The van der Waals surface area contributed by atoms with E-state index in [0.29, 0.717) is 0 Å². The first-order valence-electron chi connectivity index (χ1n) is 9.08. The number of hydrogen-bond donors (Lipinski definition) is 0. The molecule has 8 nitrogen and oxygen atoms in total. The standard InChI is InChI=1S/C24H6F2N8/c25-23-20(16(9-31)10-32)22(18-4-2-14(6-28)12-34-18)24(26)19(15(7-29)8-30)21(23)17-3-1-13(5-27)11-33-17/h1-4,11-12H. The van der Waals surface area contributed by atoms with Gasteiger partial charge in [-0.3, -0.25) is 9.97 Å². The van der Waals surface area contributed by atoms with Crippen molar-refractivity contribution in [1.82, 2.24) is 9.97 Å². The second-order valence-corrected chi connectivity index (χ2v) is 6.41. The van der Waals surface area contributed by atoms with Crippen LogP contribution >= 0.6 is 0 Å². The van der Waals surface area contributed by atoms with E-state index in [9.17, 15) is 21.0 Å². The highest BCUT2D eigenvalue weighted by molar-refractivity contribution is 5.84. The van der Waals surface area contributed by atoms with Gasteiger partial charge in [0.15, 0.2) is 0 Å². The normalized spacial score (nSPS) is 9.29. The summed E-state index contributed by atoms with van der Waals surface area (Å²) in [7, 11) is 0. The highest BCUT2D eigenvalue weighted by atomic mass is 19.1. The molecule has 0 saturated carbocycles. The fourth-order valence-electron chi connectivity index (χ4n) is 3.13. The van der Waals surface area contributed by atoms with Gasteiger partial charge in [-0.1, -0.05) is 0 Å². The van der Waals surface area contributed by atoms with E-state index in [4.69, 9.17) is 10.5 Å². The molecular formula is C24H6F2N8. The monoisotopic (exact) mass is 444 g/mol. The zero-order valence-electron chi connectivity index (χ0n) is 16.8. The molecule has 34 heavy (non-hydrogen) atoms. The zero-order valence-corrected chi connectivity index (χ0v) is 16.8. The molecule has 3 aromatic rings. The molecule has 0 unspecified atom stereocenters. The third-order valence-electron chi connectivity index (χ3n) is 4.62. The van der Waals surface area contributed by atoms with Crippen LogP contribution in [0, 0.1) is 79.6 Å². The molecule has 0 aliphatic heterocycles. The van der Waals surface area contributed by atoms with E-state index >= 15 is 8.78 Å². The Balaban J connectivity index is 2.72. The molecule has 0 fully saturated rings. The van der Waals surface area contributed by atoms with Crippen molar-refractivity contribution < 1.29 is 8.78 Å². The van der Waals surface area contributed by atoms with Gasteiger partial charge in [-0.25, -0.2) is 8.78 Å². The Hall–Kier alpha value is -5.94. The van der Waals surface area contributed by atoms with Crippen LogP contribution in [0.2, 0.25) is 0 Å². The number of nitrogens with zero attached hydrogens (tertiary/aromatic N) is 8. The van der Waals surface area contributed by atoms with Crippen LogP contribution in [0.5, 0.6) is 0 Å². The second kappa shape index (κ2) is 9.47. The number of pyridine rings is 2. The van der Waals surface area contributed by atoms with Crippen molar-refractivity contribution in [3.05, 3.63) is 69.9 Å². The molecule has 1 aromatic carbocycles. The Morgan fingerprint density at radius 2 is 0.941 bits per heavy atom. The summed E-state index contributed by atoms with van der Waals surface area (Å²) in [5.41, 5.74) is -3.16. The van der Waals surface area contributed by atoms with Crippen molar-refractivity contribution in [2.45, 2.75) is 0 Å². The summed E-state index contributed by atoms with van der Waals surface area (Å²) in [4.78, 5) is 7.84. The average molecular weight is 444 g/mol. The van der Waals surface area contributed by atoms with E-state index in [1.54, 1.807) is 0 Å². The van der Waals surface area contributed by atoms with Gasteiger partial charge in [0.2, 0.25) is 0 Å². The minimum atomic E-state index is -1.30. The number of benzene rings is 1. The van der Waals surface area contributed by atoms with Gasteiger partial charge in [0, 0.05) is 23.5 Å². The largest absolute Gasteiger partial charge is 0.255 e. The molecule has 2 heterocycles. The van der Waals surface area contributed by atoms with E-state index in [1.165, 1.54) is 48.5 Å². The third kappa shape index (κ3) is 3.75. The van der Waals surface area contributed by atoms with Gasteiger partial charge >= 0.3 is 0 Å². The predicted molar refractivity (Wildman–Crippen MR) is 111 cm³/mol. The maximum absolute atomic E-state index is 16.0. The highest BCUT2D eigenvalue weighted by Crippen LogP contribution is 2.24.